The molecule has 0 radical (unpaired) electrons. The summed E-state index contributed by atoms with van der Waals surface area (Å²) in [4.78, 5) is 13.0. The lowest BCUT2D eigenvalue weighted by molar-refractivity contribution is -0.0361. The van der Waals surface area contributed by atoms with Crippen molar-refractivity contribution in [3.63, 3.8) is 0 Å². The average molecular weight is 187 g/mol. The SMILES string of the molecule is CC(C)(C)OC(=O)N1CCCOC1. The van der Waals surface area contributed by atoms with Gasteiger partial charge in [0.25, 0.3) is 0 Å². The summed E-state index contributed by atoms with van der Waals surface area (Å²) in [7, 11) is 0. The second-order valence-electron chi connectivity index (χ2n) is 4.13. The summed E-state index contributed by atoms with van der Waals surface area (Å²) in [6.45, 7) is 7.39. The van der Waals surface area contributed by atoms with E-state index in [1.54, 1.807) is 4.90 Å². The largest absolute Gasteiger partial charge is 0.444 e. The van der Waals surface area contributed by atoms with Crippen LogP contribution in [0.5, 0.6) is 0 Å². The van der Waals surface area contributed by atoms with E-state index in [0.717, 1.165) is 19.6 Å². The minimum atomic E-state index is -0.422. The van der Waals surface area contributed by atoms with Crippen molar-refractivity contribution in [1.29, 1.82) is 0 Å². The Morgan fingerprint density at radius 2 is 2.15 bits per heavy atom. The molecular formula is C9H17NO3. The molecule has 0 atom stereocenters. The van der Waals surface area contributed by atoms with Gasteiger partial charge in [-0.25, -0.2) is 4.79 Å². The maximum absolute atomic E-state index is 11.4. The van der Waals surface area contributed by atoms with Crippen LogP contribution >= 0.6 is 0 Å². The number of ether oxygens (including phenoxy) is 2. The summed E-state index contributed by atoms with van der Waals surface area (Å²) >= 11 is 0. The molecule has 0 spiro atoms. The molecule has 4 nitrogen and oxygen atoms in total. The Labute approximate surface area is 78.8 Å². The van der Waals surface area contributed by atoms with Gasteiger partial charge >= 0.3 is 6.09 Å². The minimum absolute atomic E-state index is 0.285. The Bertz CT molecular complexity index is 180. The van der Waals surface area contributed by atoms with Gasteiger partial charge in [-0.3, -0.25) is 4.90 Å². The summed E-state index contributed by atoms with van der Waals surface area (Å²) in [5.74, 6) is 0. The third-order valence-corrected chi connectivity index (χ3v) is 1.62. The summed E-state index contributed by atoms with van der Waals surface area (Å²) in [6, 6.07) is 0. The van der Waals surface area contributed by atoms with Gasteiger partial charge in [0.05, 0.1) is 6.61 Å². The first kappa shape index (κ1) is 10.3. The van der Waals surface area contributed by atoms with Gasteiger partial charge in [0, 0.05) is 6.54 Å². The smallest absolute Gasteiger partial charge is 0.412 e. The lowest BCUT2D eigenvalue weighted by atomic mass is 10.2. The van der Waals surface area contributed by atoms with Crippen LogP contribution < -0.4 is 0 Å². The van der Waals surface area contributed by atoms with E-state index in [-0.39, 0.29) is 6.09 Å². The summed E-state index contributed by atoms with van der Waals surface area (Å²) in [6.07, 6.45) is 0.603. The molecule has 76 valence electrons. The average Bonchev–Trinajstić information content (AvgIpc) is 2.03. The highest BCUT2D eigenvalue weighted by Gasteiger charge is 2.23. The number of amides is 1. The van der Waals surface area contributed by atoms with Gasteiger partial charge < -0.3 is 9.47 Å². The van der Waals surface area contributed by atoms with Crippen molar-refractivity contribution in [2.75, 3.05) is 19.9 Å². The van der Waals surface area contributed by atoms with E-state index in [2.05, 4.69) is 0 Å². The molecule has 13 heavy (non-hydrogen) atoms. The highest BCUT2D eigenvalue weighted by Crippen LogP contribution is 2.11. The zero-order valence-electron chi connectivity index (χ0n) is 8.50. The van der Waals surface area contributed by atoms with Crippen molar-refractivity contribution >= 4 is 6.09 Å². The maximum atomic E-state index is 11.4. The number of rotatable bonds is 0. The van der Waals surface area contributed by atoms with Crippen molar-refractivity contribution in [2.24, 2.45) is 0 Å². The number of carbonyl (C=O) groups excluding carboxylic acids is 1. The number of carbonyl (C=O) groups is 1. The molecule has 0 aromatic rings. The predicted molar refractivity (Wildman–Crippen MR) is 48.4 cm³/mol. The molecule has 0 unspecified atom stereocenters. The molecule has 0 aromatic carbocycles. The van der Waals surface area contributed by atoms with E-state index in [1.165, 1.54) is 0 Å². The van der Waals surface area contributed by atoms with Gasteiger partial charge in [0.1, 0.15) is 12.3 Å². The maximum Gasteiger partial charge on any atom is 0.412 e. The molecule has 0 aliphatic carbocycles. The molecular weight excluding hydrogens is 170 g/mol. The highest BCUT2D eigenvalue weighted by atomic mass is 16.6. The van der Waals surface area contributed by atoms with E-state index in [0.29, 0.717) is 6.73 Å². The summed E-state index contributed by atoms with van der Waals surface area (Å²) < 4.78 is 10.3. The predicted octanol–water partition coefficient (Wildman–Crippen LogP) is 1.60. The first-order valence-corrected chi connectivity index (χ1v) is 4.55. The fraction of sp³-hybridized carbons (Fsp3) is 0.889. The van der Waals surface area contributed by atoms with Crippen molar-refractivity contribution in [3.05, 3.63) is 0 Å². The van der Waals surface area contributed by atoms with Crippen molar-refractivity contribution in [1.82, 2.24) is 4.90 Å². The molecule has 1 fully saturated rings. The Hall–Kier alpha value is -0.770. The molecule has 1 heterocycles. The normalized spacial score (nSPS) is 18.5. The van der Waals surface area contributed by atoms with Gasteiger partial charge in [-0.05, 0) is 27.2 Å². The Morgan fingerprint density at radius 1 is 1.46 bits per heavy atom. The molecule has 1 aliphatic heterocycles. The van der Waals surface area contributed by atoms with Gasteiger partial charge in [-0.15, -0.1) is 0 Å². The molecule has 0 N–H and O–H groups in total. The lowest BCUT2D eigenvalue weighted by Crippen LogP contribution is -2.41. The molecule has 1 rings (SSSR count). The highest BCUT2D eigenvalue weighted by molar-refractivity contribution is 5.67. The molecule has 1 aliphatic rings. The number of hydrogen-bond donors (Lipinski definition) is 0. The van der Waals surface area contributed by atoms with Crippen LogP contribution in [0.25, 0.3) is 0 Å². The molecule has 0 aromatic heterocycles. The van der Waals surface area contributed by atoms with Gasteiger partial charge in [-0.2, -0.15) is 0 Å². The zero-order valence-corrected chi connectivity index (χ0v) is 8.50. The number of hydrogen-bond acceptors (Lipinski definition) is 3. The molecule has 0 bridgehead atoms. The van der Waals surface area contributed by atoms with E-state index in [1.807, 2.05) is 20.8 Å². The third kappa shape index (κ3) is 3.63. The van der Waals surface area contributed by atoms with Crippen LogP contribution in [-0.2, 0) is 9.47 Å². The van der Waals surface area contributed by atoms with E-state index >= 15 is 0 Å². The van der Waals surface area contributed by atoms with Crippen molar-refractivity contribution in [3.8, 4) is 0 Å². The molecule has 0 saturated carbocycles. The summed E-state index contributed by atoms with van der Waals surface area (Å²) in [5, 5.41) is 0. The van der Waals surface area contributed by atoms with Gasteiger partial charge in [0.15, 0.2) is 0 Å². The second kappa shape index (κ2) is 3.96. The minimum Gasteiger partial charge on any atom is -0.444 e. The van der Waals surface area contributed by atoms with Crippen LogP contribution in [0.1, 0.15) is 27.2 Å². The quantitative estimate of drug-likeness (QED) is 0.578. The topological polar surface area (TPSA) is 38.8 Å². The van der Waals surface area contributed by atoms with E-state index in [9.17, 15) is 4.79 Å². The van der Waals surface area contributed by atoms with E-state index in [4.69, 9.17) is 9.47 Å². The Kier molecular flexibility index (Phi) is 3.14. The number of nitrogens with zero attached hydrogens (tertiary/aromatic N) is 1. The molecule has 1 amide bonds. The van der Waals surface area contributed by atoms with Crippen LogP contribution in [-0.4, -0.2) is 36.5 Å². The van der Waals surface area contributed by atoms with Crippen LogP contribution in [0.15, 0.2) is 0 Å². The van der Waals surface area contributed by atoms with Crippen LogP contribution in [0.3, 0.4) is 0 Å². The van der Waals surface area contributed by atoms with Crippen LogP contribution in [0, 0.1) is 0 Å². The first-order valence-electron chi connectivity index (χ1n) is 4.55. The zero-order chi connectivity index (χ0) is 9.90. The monoisotopic (exact) mass is 187 g/mol. The van der Waals surface area contributed by atoms with Gasteiger partial charge in [0.2, 0.25) is 0 Å². The standard InChI is InChI=1S/C9H17NO3/c1-9(2,3)13-8(11)10-5-4-6-12-7-10/h4-7H2,1-3H3. The summed E-state index contributed by atoms with van der Waals surface area (Å²) in [5.41, 5.74) is -0.422. The third-order valence-electron chi connectivity index (χ3n) is 1.62. The molecule has 1 saturated heterocycles. The van der Waals surface area contributed by atoms with E-state index < -0.39 is 5.60 Å². The van der Waals surface area contributed by atoms with Crippen molar-refractivity contribution < 1.29 is 14.3 Å². The fourth-order valence-electron chi connectivity index (χ4n) is 1.07. The van der Waals surface area contributed by atoms with Gasteiger partial charge in [-0.1, -0.05) is 0 Å². The fourth-order valence-corrected chi connectivity index (χ4v) is 1.07. The van der Waals surface area contributed by atoms with Crippen LogP contribution in [0.4, 0.5) is 4.79 Å². The molecule has 4 heteroatoms. The Balaban J connectivity index is 2.38. The van der Waals surface area contributed by atoms with Crippen LogP contribution in [0.2, 0.25) is 0 Å². The second-order valence-corrected chi connectivity index (χ2v) is 4.13. The lowest BCUT2D eigenvalue weighted by Gasteiger charge is -2.29. The Morgan fingerprint density at radius 3 is 2.62 bits per heavy atom. The van der Waals surface area contributed by atoms with Crippen molar-refractivity contribution in [2.45, 2.75) is 32.8 Å². The first-order chi connectivity index (χ1) is 5.99.